The van der Waals surface area contributed by atoms with Crippen LogP contribution in [0.2, 0.25) is 0 Å². The van der Waals surface area contributed by atoms with E-state index in [9.17, 15) is 4.79 Å². The lowest BCUT2D eigenvalue weighted by Crippen LogP contribution is -2.42. The highest BCUT2D eigenvalue weighted by Crippen LogP contribution is 2.31. The molecule has 25 heavy (non-hydrogen) atoms. The lowest BCUT2D eigenvalue weighted by Gasteiger charge is -2.33. The summed E-state index contributed by atoms with van der Waals surface area (Å²) in [6.07, 6.45) is 3.56. The number of fused-ring (bicyclic) bond motifs is 1. The van der Waals surface area contributed by atoms with Gasteiger partial charge in [-0.1, -0.05) is 0 Å². The molecular weight excluding hydrogens is 386 g/mol. The Hall–Kier alpha value is -1.76. The van der Waals surface area contributed by atoms with Gasteiger partial charge in [0.05, 0.1) is 23.1 Å². The first kappa shape index (κ1) is 18.0. The molecule has 0 spiro atoms. The van der Waals surface area contributed by atoms with Crippen molar-refractivity contribution in [2.75, 3.05) is 20.2 Å². The third-order valence-corrected chi connectivity index (χ3v) is 4.91. The maximum absolute atomic E-state index is 12.2. The van der Waals surface area contributed by atoms with E-state index >= 15 is 0 Å². The molecule has 2 aromatic rings. The zero-order valence-electron chi connectivity index (χ0n) is 15.1. The van der Waals surface area contributed by atoms with E-state index in [1.165, 1.54) is 0 Å². The van der Waals surface area contributed by atoms with Gasteiger partial charge in [-0.05, 0) is 55.6 Å². The minimum atomic E-state index is -0.458. The average Bonchev–Trinajstić information content (AvgIpc) is 2.95. The van der Waals surface area contributed by atoms with E-state index < -0.39 is 5.60 Å². The van der Waals surface area contributed by atoms with Crippen molar-refractivity contribution in [1.29, 1.82) is 0 Å². The smallest absolute Gasteiger partial charge is 0.410 e. The number of piperidine rings is 1. The molecule has 3 rings (SSSR count). The van der Waals surface area contributed by atoms with Crippen LogP contribution in [0.3, 0.4) is 0 Å². The number of nitrogens with zero attached hydrogens (tertiary/aromatic N) is 3. The number of halogens is 1. The van der Waals surface area contributed by atoms with Gasteiger partial charge in [-0.2, -0.15) is 5.10 Å². The summed E-state index contributed by atoms with van der Waals surface area (Å²) < 4.78 is 13.7. The molecule has 0 aliphatic carbocycles. The molecule has 0 atom stereocenters. The summed E-state index contributed by atoms with van der Waals surface area (Å²) in [6, 6.07) is 4.25. The maximum atomic E-state index is 12.2. The number of hydrogen-bond donors (Lipinski definition) is 0. The number of rotatable bonds is 2. The van der Waals surface area contributed by atoms with Gasteiger partial charge in [0.15, 0.2) is 0 Å². The predicted molar refractivity (Wildman–Crippen MR) is 100 cm³/mol. The van der Waals surface area contributed by atoms with Crippen molar-refractivity contribution in [2.45, 2.75) is 45.3 Å². The Labute approximate surface area is 156 Å². The van der Waals surface area contributed by atoms with Crippen LogP contribution in [0, 0.1) is 0 Å². The van der Waals surface area contributed by atoms with Crippen molar-refractivity contribution in [3.8, 4) is 5.75 Å². The van der Waals surface area contributed by atoms with Crippen LogP contribution in [-0.4, -0.2) is 46.6 Å². The van der Waals surface area contributed by atoms with Crippen LogP contribution in [0.1, 0.15) is 39.7 Å². The van der Waals surface area contributed by atoms with Gasteiger partial charge in [-0.3, -0.25) is 4.68 Å². The van der Waals surface area contributed by atoms with Gasteiger partial charge in [-0.25, -0.2) is 4.79 Å². The quantitative estimate of drug-likeness (QED) is 0.738. The number of carbonyl (C=O) groups excluding carboxylic acids is 1. The summed E-state index contributed by atoms with van der Waals surface area (Å²) in [6.45, 7) is 7.03. The Balaban J connectivity index is 1.69. The van der Waals surface area contributed by atoms with Crippen molar-refractivity contribution in [1.82, 2.24) is 14.7 Å². The van der Waals surface area contributed by atoms with E-state index in [0.29, 0.717) is 13.1 Å². The number of methoxy groups -OCH3 is 1. The van der Waals surface area contributed by atoms with Crippen LogP contribution >= 0.6 is 15.9 Å². The molecule has 1 amide bonds. The zero-order chi connectivity index (χ0) is 18.2. The SMILES string of the molecule is COc1cc2nn(C3CCN(C(=O)OC(C)(C)C)CC3)cc2cc1Br. The lowest BCUT2D eigenvalue weighted by atomic mass is 10.1. The average molecular weight is 410 g/mol. The summed E-state index contributed by atoms with van der Waals surface area (Å²) in [4.78, 5) is 14.0. The third-order valence-electron chi connectivity index (χ3n) is 4.29. The zero-order valence-corrected chi connectivity index (χ0v) is 16.7. The van der Waals surface area contributed by atoms with E-state index in [1.807, 2.05) is 37.6 Å². The van der Waals surface area contributed by atoms with Gasteiger partial charge in [0.2, 0.25) is 0 Å². The van der Waals surface area contributed by atoms with Crippen molar-refractivity contribution in [2.24, 2.45) is 0 Å². The van der Waals surface area contributed by atoms with Crippen LogP contribution < -0.4 is 4.74 Å². The molecular formula is C18H24BrN3O3. The minimum Gasteiger partial charge on any atom is -0.495 e. The van der Waals surface area contributed by atoms with Crippen LogP contribution in [0.15, 0.2) is 22.8 Å². The Morgan fingerprint density at radius 2 is 1.96 bits per heavy atom. The molecule has 0 unspecified atom stereocenters. The molecule has 0 radical (unpaired) electrons. The molecule has 136 valence electrons. The van der Waals surface area contributed by atoms with Gasteiger partial charge < -0.3 is 14.4 Å². The molecule has 1 saturated heterocycles. The Morgan fingerprint density at radius 1 is 1.28 bits per heavy atom. The minimum absolute atomic E-state index is 0.231. The largest absolute Gasteiger partial charge is 0.495 e. The molecule has 0 saturated carbocycles. The fourth-order valence-corrected chi connectivity index (χ4v) is 3.55. The molecule has 1 aromatic carbocycles. The molecule has 1 aliphatic heterocycles. The molecule has 1 aliphatic rings. The van der Waals surface area contributed by atoms with Gasteiger partial charge in [0.25, 0.3) is 0 Å². The molecule has 2 heterocycles. The molecule has 1 aromatic heterocycles. The second-order valence-electron chi connectivity index (χ2n) is 7.35. The van der Waals surface area contributed by atoms with Crippen LogP contribution in [0.25, 0.3) is 10.9 Å². The standard InChI is InChI=1S/C18H24BrN3O3/c1-18(2,3)25-17(23)21-7-5-13(6-8-21)22-11-12-9-14(19)16(24-4)10-15(12)20-22/h9-11,13H,5-8H2,1-4H3. The molecule has 7 heteroatoms. The van der Waals surface area contributed by atoms with Crippen molar-refractivity contribution in [3.63, 3.8) is 0 Å². The summed E-state index contributed by atoms with van der Waals surface area (Å²) >= 11 is 3.51. The van der Waals surface area contributed by atoms with Crippen molar-refractivity contribution in [3.05, 3.63) is 22.8 Å². The number of amides is 1. The number of aromatic nitrogens is 2. The second-order valence-corrected chi connectivity index (χ2v) is 8.21. The summed E-state index contributed by atoms with van der Waals surface area (Å²) in [5, 5.41) is 5.77. The highest BCUT2D eigenvalue weighted by Gasteiger charge is 2.28. The summed E-state index contributed by atoms with van der Waals surface area (Å²) in [5.41, 5.74) is 0.453. The van der Waals surface area contributed by atoms with Crippen molar-refractivity contribution >= 4 is 32.9 Å². The first-order valence-corrected chi connectivity index (χ1v) is 9.26. The van der Waals surface area contributed by atoms with Crippen LogP contribution in [0.5, 0.6) is 5.75 Å². The number of carbonyl (C=O) groups is 1. The normalized spacial score (nSPS) is 16.3. The number of ether oxygens (including phenoxy) is 2. The number of benzene rings is 1. The monoisotopic (exact) mass is 409 g/mol. The Bertz CT molecular complexity index is 774. The highest BCUT2D eigenvalue weighted by atomic mass is 79.9. The van der Waals surface area contributed by atoms with Crippen molar-refractivity contribution < 1.29 is 14.3 Å². The molecule has 1 fully saturated rings. The Morgan fingerprint density at radius 3 is 2.56 bits per heavy atom. The van der Waals surface area contributed by atoms with E-state index in [4.69, 9.17) is 14.6 Å². The van der Waals surface area contributed by atoms with Crippen LogP contribution in [0.4, 0.5) is 4.79 Å². The molecule has 6 nitrogen and oxygen atoms in total. The van der Waals surface area contributed by atoms with E-state index in [2.05, 4.69) is 22.1 Å². The van der Waals surface area contributed by atoms with E-state index in [1.54, 1.807) is 12.0 Å². The topological polar surface area (TPSA) is 56.6 Å². The molecule has 0 N–H and O–H groups in total. The predicted octanol–water partition coefficient (Wildman–Crippen LogP) is 4.38. The second kappa shape index (κ2) is 6.86. The third kappa shape index (κ3) is 4.08. The van der Waals surface area contributed by atoms with Gasteiger partial charge in [0, 0.05) is 30.7 Å². The fraction of sp³-hybridized carbons (Fsp3) is 0.556. The fourth-order valence-electron chi connectivity index (χ4n) is 3.03. The highest BCUT2D eigenvalue weighted by molar-refractivity contribution is 9.10. The molecule has 0 bridgehead atoms. The Kier molecular flexibility index (Phi) is 4.95. The van der Waals surface area contributed by atoms with E-state index in [-0.39, 0.29) is 12.1 Å². The number of hydrogen-bond acceptors (Lipinski definition) is 4. The summed E-state index contributed by atoms with van der Waals surface area (Å²) in [5.74, 6) is 0.775. The first-order chi connectivity index (χ1) is 11.8. The van der Waals surface area contributed by atoms with Gasteiger partial charge >= 0.3 is 6.09 Å². The summed E-state index contributed by atoms with van der Waals surface area (Å²) in [7, 11) is 1.65. The van der Waals surface area contributed by atoms with Gasteiger partial charge in [-0.15, -0.1) is 0 Å². The van der Waals surface area contributed by atoms with E-state index in [0.717, 1.165) is 34.0 Å². The lowest BCUT2D eigenvalue weighted by molar-refractivity contribution is 0.0185. The number of likely N-dealkylation sites (tertiary alicyclic amines) is 1. The van der Waals surface area contributed by atoms with Gasteiger partial charge in [0.1, 0.15) is 11.4 Å². The maximum Gasteiger partial charge on any atom is 0.410 e. The van der Waals surface area contributed by atoms with Crippen LogP contribution in [-0.2, 0) is 4.74 Å². The first-order valence-electron chi connectivity index (χ1n) is 8.47.